The Bertz CT molecular complexity index is 2810. The van der Waals surface area contributed by atoms with E-state index in [2.05, 4.69) is 56.3 Å². The van der Waals surface area contributed by atoms with Gasteiger partial charge in [0.05, 0.1) is 32.6 Å². The topological polar surface area (TPSA) is 182 Å². The van der Waals surface area contributed by atoms with Crippen molar-refractivity contribution in [3.63, 3.8) is 0 Å². The number of benzene rings is 2. The SMILES string of the molecule is Cc1cc(-c2c(-c3ccc(F)cc3)nc(N)n3cnnc23)cc(Cl)n1.Cc1cc(B2OC(C)(C)C(C)(C)O2)cc(Cl)n1.Nc1nc(-c2ccc(F)cc2)c(Br)c2nncn12. The number of aryl methyl sites for hydroxylation is 2. The van der Waals surface area contributed by atoms with Gasteiger partial charge in [-0.15, -0.1) is 20.4 Å². The van der Waals surface area contributed by atoms with Gasteiger partial charge in [0.25, 0.3) is 0 Å². The minimum Gasteiger partial charge on any atom is -0.399 e. The maximum Gasteiger partial charge on any atom is 0.495 e. The van der Waals surface area contributed by atoms with Crippen molar-refractivity contribution in [1.82, 2.24) is 49.1 Å². The number of hydrogen-bond donors (Lipinski definition) is 2. The van der Waals surface area contributed by atoms with Crippen molar-refractivity contribution in [2.75, 3.05) is 11.5 Å². The van der Waals surface area contributed by atoms with E-state index in [0.29, 0.717) is 48.6 Å². The molecule has 0 saturated carbocycles. The highest BCUT2D eigenvalue weighted by Gasteiger charge is 2.51. The molecule has 7 heterocycles. The molecule has 0 bridgehead atoms. The Morgan fingerprint density at radius 2 is 1.10 bits per heavy atom. The molecule has 8 aromatic rings. The number of halogens is 5. The standard InChI is InChI=1S/C17H12ClFN6.C12H17BClNO2.C11H7BrFN5/c1-9-6-11(7-13(18)22-9)14-15(10-2-4-12(19)5-3-10)23-17(20)25-8-21-24-16(14)25;1-8-6-9(7-10(14)15-8)13-16-11(2,3)12(4,5)17-13;12-8-9(6-1-3-7(13)4-2-6)16-11(14)18-5-15-17-10(8)18/h2-8H,1H3,(H2,20,23);6-7H,1-5H3;1-5H,(H2,14,16). The van der Waals surface area contributed by atoms with Gasteiger partial charge in [-0.05, 0) is 141 Å². The van der Waals surface area contributed by atoms with Crippen molar-refractivity contribution in [3.05, 3.63) is 123 Å². The summed E-state index contributed by atoms with van der Waals surface area (Å²) in [5.41, 5.74) is 18.9. The Hall–Kier alpha value is -5.66. The molecule has 60 heavy (non-hydrogen) atoms. The number of pyridine rings is 2. The number of aromatic nitrogens is 10. The molecule has 14 nitrogen and oxygen atoms in total. The number of nitrogen functional groups attached to an aromatic ring is 2. The molecule has 9 rings (SSSR count). The van der Waals surface area contributed by atoms with Gasteiger partial charge in [0, 0.05) is 22.5 Å². The monoisotopic (exact) mass is 914 g/mol. The molecule has 1 saturated heterocycles. The largest absolute Gasteiger partial charge is 0.495 e. The summed E-state index contributed by atoms with van der Waals surface area (Å²) in [6.45, 7) is 11.9. The van der Waals surface area contributed by atoms with E-state index in [4.69, 9.17) is 44.0 Å². The van der Waals surface area contributed by atoms with E-state index in [1.54, 1.807) is 45.2 Å². The van der Waals surface area contributed by atoms with Gasteiger partial charge in [0.2, 0.25) is 11.9 Å². The Kier molecular flexibility index (Phi) is 11.9. The van der Waals surface area contributed by atoms with Gasteiger partial charge < -0.3 is 20.8 Å². The van der Waals surface area contributed by atoms with Crippen LogP contribution in [-0.2, 0) is 9.31 Å². The van der Waals surface area contributed by atoms with E-state index in [9.17, 15) is 8.78 Å². The third kappa shape index (κ3) is 8.78. The summed E-state index contributed by atoms with van der Waals surface area (Å²) in [7, 11) is -0.376. The molecule has 6 aromatic heterocycles. The highest BCUT2D eigenvalue weighted by atomic mass is 79.9. The van der Waals surface area contributed by atoms with E-state index < -0.39 is 0 Å². The van der Waals surface area contributed by atoms with Crippen molar-refractivity contribution < 1.29 is 18.1 Å². The maximum absolute atomic E-state index is 13.3. The van der Waals surface area contributed by atoms with Crippen LogP contribution in [0.2, 0.25) is 10.3 Å². The van der Waals surface area contributed by atoms with E-state index in [0.717, 1.165) is 28.0 Å². The summed E-state index contributed by atoms with van der Waals surface area (Å²) in [6, 6.07) is 19.4. The molecule has 4 N–H and O–H groups in total. The quantitative estimate of drug-likeness (QED) is 0.128. The second-order valence-corrected chi connectivity index (χ2v) is 16.2. The molecule has 1 fully saturated rings. The number of rotatable bonds is 4. The molecule has 20 heteroatoms. The van der Waals surface area contributed by atoms with Crippen LogP contribution in [-0.4, -0.2) is 67.5 Å². The fraction of sp³-hybridized carbons (Fsp3) is 0.200. The second kappa shape index (κ2) is 16.8. The lowest BCUT2D eigenvalue weighted by Crippen LogP contribution is -2.41. The fourth-order valence-electron chi connectivity index (χ4n) is 6.20. The molecule has 0 aliphatic carbocycles. The lowest BCUT2D eigenvalue weighted by molar-refractivity contribution is 0.00578. The first-order valence-electron chi connectivity index (χ1n) is 18.2. The molecule has 0 amide bonds. The zero-order valence-electron chi connectivity index (χ0n) is 33.0. The van der Waals surface area contributed by atoms with Crippen molar-refractivity contribution in [1.29, 1.82) is 0 Å². The molecular formula is C40H36BBrCl2F2N12O2. The van der Waals surface area contributed by atoms with Crippen LogP contribution in [0.15, 0.2) is 89.9 Å². The van der Waals surface area contributed by atoms with E-state index in [-0.39, 0.29) is 41.9 Å². The lowest BCUT2D eigenvalue weighted by Gasteiger charge is -2.32. The number of nitrogens with two attached hydrogens (primary N) is 2. The third-order valence-electron chi connectivity index (χ3n) is 9.82. The van der Waals surface area contributed by atoms with Crippen molar-refractivity contribution >= 4 is 74.9 Å². The van der Waals surface area contributed by atoms with Crippen molar-refractivity contribution in [2.24, 2.45) is 0 Å². The Labute approximate surface area is 361 Å². The average Bonchev–Trinajstić information content (AvgIpc) is 3.93. The summed E-state index contributed by atoms with van der Waals surface area (Å²) >= 11 is 15.5. The predicted octanol–water partition coefficient (Wildman–Crippen LogP) is 8.15. The minimum absolute atomic E-state index is 0.236. The first-order valence-corrected chi connectivity index (χ1v) is 19.8. The van der Waals surface area contributed by atoms with Gasteiger partial charge in [-0.1, -0.05) is 23.2 Å². The molecule has 0 atom stereocenters. The van der Waals surface area contributed by atoms with Crippen molar-refractivity contribution in [3.8, 4) is 33.6 Å². The van der Waals surface area contributed by atoms with Gasteiger partial charge in [0.15, 0.2) is 11.3 Å². The lowest BCUT2D eigenvalue weighted by atomic mass is 9.79. The summed E-state index contributed by atoms with van der Waals surface area (Å²) in [6.07, 6.45) is 2.97. The number of fused-ring (bicyclic) bond motifs is 2. The zero-order valence-corrected chi connectivity index (χ0v) is 36.1. The predicted molar refractivity (Wildman–Crippen MR) is 232 cm³/mol. The van der Waals surface area contributed by atoms with Crippen LogP contribution in [0, 0.1) is 25.5 Å². The highest BCUT2D eigenvalue weighted by molar-refractivity contribution is 9.10. The highest BCUT2D eigenvalue weighted by Crippen LogP contribution is 2.38. The first-order chi connectivity index (χ1) is 28.4. The van der Waals surface area contributed by atoms with Gasteiger partial charge in [-0.3, -0.25) is 8.80 Å². The molecule has 306 valence electrons. The van der Waals surface area contributed by atoms with Crippen LogP contribution in [0.4, 0.5) is 20.7 Å². The Morgan fingerprint density at radius 3 is 1.63 bits per heavy atom. The molecular weight excluding hydrogens is 880 g/mol. The number of nitrogens with zero attached hydrogens (tertiary/aromatic N) is 10. The Morgan fingerprint density at radius 1 is 0.633 bits per heavy atom. The molecule has 0 spiro atoms. The molecule has 1 aliphatic rings. The van der Waals surface area contributed by atoms with Crippen LogP contribution < -0.4 is 16.9 Å². The normalized spacial score (nSPS) is 14.2. The van der Waals surface area contributed by atoms with Gasteiger partial charge in [0.1, 0.15) is 34.6 Å². The summed E-state index contributed by atoms with van der Waals surface area (Å²) in [5, 5.41) is 16.7. The molecule has 0 radical (unpaired) electrons. The van der Waals surface area contributed by atoms with Crippen LogP contribution in [0.5, 0.6) is 0 Å². The van der Waals surface area contributed by atoms with Crippen LogP contribution in [0.1, 0.15) is 39.1 Å². The third-order valence-corrected chi connectivity index (χ3v) is 10.9. The molecule has 1 aliphatic heterocycles. The molecule has 0 unspecified atom stereocenters. The minimum atomic E-state index is -0.376. The van der Waals surface area contributed by atoms with Crippen LogP contribution in [0.25, 0.3) is 44.9 Å². The van der Waals surface area contributed by atoms with E-state index in [1.807, 2.05) is 53.7 Å². The average molecular weight is 916 g/mol. The summed E-state index contributed by atoms with van der Waals surface area (Å²) < 4.78 is 41.9. The number of hydrogen-bond acceptors (Lipinski definition) is 12. The van der Waals surface area contributed by atoms with E-state index >= 15 is 0 Å². The maximum atomic E-state index is 13.3. The van der Waals surface area contributed by atoms with Crippen molar-refractivity contribution in [2.45, 2.75) is 52.7 Å². The molecule has 2 aromatic carbocycles. The van der Waals surface area contributed by atoms with Crippen LogP contribution >= 0.6 is 39.1 Å². The fourth-order valence-corrected chi connectivity index (χ4v) is 7.30. The van der Waals surface area contributed by atoms with Crippen LogP contribution in [0.3, 0.4) is 0 Å². The first kappa shape index (κ1) is 42.5. The number of anilines is 2. The van der Waals surface area contributed by atoms with Gasteiger partial charge in [-0.25, -0.2) is 28.7 Å². The summed E-state index contributed by atoms with van der Waals surface area (Å²) in [5.74, 6) is -0.117. The summed E-state index contributed by atoms with van der Waals surface area (Å²) in [4.78, 5) is 17.1. The Balaban J connectivity index is 0.000000140. The van der Waals surface area contributed by atoms with E-state index in [1.165, 1.54) is 36.9 Å². The van der Waals surface area contributed by atoms with Gasteiger partial charge >= 0.3 is 7.12 Å². The van der Waals surface area contributed by atoms with Gasteiger partial charge in [-0.2, -0.15) is 0 Å². The smallest absolute Gasteiger partial charge is 0.399 e. The second-order valence-electron chi connectivity index (χ2n) is 14.7. The zero-order chi connectivity index (χ0) is 43.1.